The van der Waals surface area contributed by atoms with Crippen molar-refractivity contribution in [3.63, 3.8) is 0 Å². The predicted octanol–water partition coefficient (Wildman–Crippen LogP) is 1.18. The first-order valence-electron chi connectivity index (χ1n) is 3.45. The van der Waals surface area contributed by atoms with E-state index in [-0.39, 0.29) is 6.04 Å². The van der Waals surface area contributed by atoms with E-state index in [0.717, 1.165) is 0 Å². The van der Waals surface area contributed by atoms with E-state index in [9.17, 15) is 0 Å². The van der Waals surface area contributed by atoms with Crippen molar-refractivity contribution in [2.24, 2.45) is 0 Å². The van der Waals surface area contributed by atoms with Crippen molar-refractivity contribution < 1.29 is 7.85 Å². The van der Waals surface area contributed by atoms with Gasteiger partial charge in [0.1, 0.15) is 0 Å². The quantitative estimate of drug-likeness (QED) is 0.575. The summed E-state index contributed by atoms with van der Waals surface area (Å²) in [6, 6.07) is 6.73. The highest BCUT2D eigenvalue weighted by atomic mass is 16.3. The number of aliphatic hydroxyl groups excluding tert-OH is 1. The number of rotatable bonds is 1. The van der Waals surface area contributed by atoms with Gasteiger partial charge in [0.15, 0.2) is 0 Å². The van der Waals surface area contributed by atoms with Crippen LogP contribution in [0.4, 0.5) is 0 Å². The molecule has 0 saturated heterocycles. The number of aliphatic hydroxyl groups is 1. The summed E-state index contributed by atoms with van der Waals surface area (Å²) in [5.74, 6) is 0. The molecule has 0 aliphatic heterocycles. The van der Waals surface area contributed by atoms with Crippen LogP contribution in [0.25, 0.3) is 0 Å². The first-order chi connectivity index (χ1) is 4.72. The molecule has 0 heterocycles. The molecule has 1 aromatic carbocycles. The molecule has 42 valence electrons. The lowest BCUT2D eigenvalue weighted by Crippen LogP contribution is -1.77. The zero-order valence-electron chi connectivity index (χ0n) is 6.33. The van der Waals surface area contributed by atoms with Crippen molar-refractivity contribution in [2.75, 3.05) is 0 Å². The summed E-state index contributed by atoms with van der Waals surface area (Å²) >= 11 is 0. The second-order valence-electron chi connectivity index (χ2n) is 1.45. The van der Waals surface area contributed by atoms with Crippen LogP contribution in [0.1, 0.15) is 8.30 Å². The van der Waals surface area contributed by atoms with Gasteiger partial charge in [-0.1, -0.05) is 30.3 Å². The van der Waals surface area contributed by atoms with E-state index in [2.05, 4.69) is 0 Å². The molecule has 8 heavy (non-hydrogen) atoms. The summed E-state index contributed by atoms with van der Waals surface area (Å²) < 4.78 is 14.1. The van der Waals surface area contributed by atoms with Gasteiger partial charge in [-0.25, -0.2) is 0 Å². The minimum atomic E-state index is -1.28. The average molecular weight is 110 g/mol. The van der Waals surface area contributed by atoms with E-state index in [1.165, 1.54) is 0 Å². The second kappa shape index (κ2) is 2.48. The maximum Gasteiger partial charge on any atom is 0.0681 e. The molecule has 0 amide bonds. The van der Waals surface area contributed by atoms with Crippen molar-refractivity contribution in [3.8, 4) is 0 Å². The Morgan fingerprint density at radius 2 is 2.50 bits per heavy atom. The summed E-state index contributed by atoms with van der Waals surface area (Å²) in [4.78, 5) is 0. The van der Waals surface area contributed by atoms with Gasteiger partial charge < -0.3 is 5.11 Å². The van der Waals surface area contributed by atoms with Crippen molar-refractivity contribution in [2.45, 2.75) is 6.58 Å². The van der Waals surface area contributed by atoms with E-state index >= 15 is 0 Å². The van der Waals surface area contributed by atoms with Crippen LogP contribution in [0.15, 0.2) is 30.3 Å². The predicted molar refractivity (Wildman–Crippen MR) is 32.4 cm³/mol. The first-order valence-corrected chi connectivity index (χ1v) is 2.37. The van der Waals surface area contributed by atoms with E-state index in [1.807, 2.05) is 0 Å². The van der Waals surface area contributed by atoms with E-state index < -0.39 is 6.58 Å². The van der Waals surface area contributed by atoms with Crippen molar-refractivity contribution >= 4 is 0 Å². The summed E-state index contributed by atoms with van der Waals surface area (Å²) in [5, 5.41) is 8.75. The molecule has 0 spiro atoms. The Labute approximate surface area is 51.4 Å². The van der Waals surface area contributed by atoms with Crippen LogP contribution in [0, 0.1) is 0 Å². The molecule has 1 atom stereocenters. The SMILES string of the molecule is [2H]c1ccccc1C([2H])O. The monoisotopic (exact) mass is 110 g/mol. The minimum Gasteiger partial charge on any atom is -0.392 e. The van der Waals surface area contributed by atoms with Gasteiger partial charge >= 0.3 is 0 Å². The fourth-order valence-electron chi connectivity index (χ4n) is 0.488. The third kappa shape index (κ3) is 1.07. The Morgan fingerprint density at radius 3 is 3.00 bits per heavy atom. The molecule has 1 N–H and O–H groups in total. The maximum atomic E-state index is 8.75. The minimum absolute atomic E-state index is 0.213. The Bertz CT molecular complexity index is 223. The lowest BCUT2D eigenvalue weighted by molar-refractivity contribution is 0.282. The lowest BCUT2D eigenvalue weighted by atomic mass is 10.2. The Morgan fingerprint density at radius 1 is 1.62 bits per heavy atom. The zero-order chi connectivity index (χ0) is 7.56. The highest BCUT2D eigenvalue weighted by molar-refractivity contribution is 5.12. The van der Waals surface area contributed by atoms with Crippen LogP contribution in [0.2, 0.25) is 0 Å². The van der Waals surface area contributed by atoms with Crippen molar-refractivity contribution in [1.82, 2.24) is 0 Å². The molecule has 1 heteroatoms. The highest BCUT2D eigenvalue weighted by Crippen LogP contribution is 1.95. The summed E-state index contributed by atoms with van der Waals surface area (Å²) in [6.45, 7) is -1.28. The maximum absolute atomic E-state index is 8.75. The molecule has 0 aliphatic carbocycles. The molecule has 1 rings (SSSR count). The molecular formula is C7H8O. The van der Waals surface area contributed by atoms with Crippen molar-refractivity contribution in [3.05, 3.63) is 35.9 Å². The smallest absolute Gasteiger partial charge is 0.0681 e. The molecule has 1 unspecified atom stereocenters. The molecule has 0 aliphatic rings. The lowest BCUT2D eigenvalue weighted by Gasteiger charge is -1.89. The van der Waals surface area contributed by atoms with Gasteiger partial charge in [0.05, 0.1) is 9.32 Å². The second-order valence-corrected chi connectivity index (χ2v) is 1.45. The van der Waals surface area contributed by atoms with Gasteiger partial charge in [0.2, 0.25) is 0 Å². The van der Waals surface area contributed by atoms with Crippen LogP contribution in [0.5, 0.6) is 0 Å². The van der Waals surface area contributed by atoms with E-state index in [1.54, 1.807) is 24.3 Å². The van der Waals surface area contributed by atoms with Gasteiger partial charge in [-0.15, -0.1) is 0 Å². The van der Waals surface area contributed by atoms with Gasteiger partial charge in [0.25, 0.3) is 0 Å². The third-order valence-electron chi connectivity index (χ3n) is 0.872. The molecule has 0 aromatic heterocycles. The normalized spacial score (nSPS) is 16.6. The Hall–Kier alpha value is -0.820. The van der Waals surface area contributed by atoms with E-state index in [0.29, 0.717) is 5.56 Å². The van der Waals surface area contributed by atoms with Gasteiger partial charge in [0, 0.05) is 0 Å². The van der Waals surface area contributed by atoms with Crippen LogP contribution in [-0.4, -0.2) is 5.11 Å². The Balaban J connectivity index is 3.03. The number of hydrogen-bond acceptors (Lipinski definition) is 1. The van der Waals surface area contributed by atoms with E-state index in [4.69, 9.17) is 7.85 Å². The largest absolute Gasteiger partial charge is 0.392 e. The standard InChI is InChI=1S/C7H8O/c8-6-7-4-2-1-3-5-7/h1-5,8H,6H2/i4D,6D. The topological polar surface area (TPSA) is 20.2 Å². The number of hydrogen-bond donors (Lipinski definition) is 1. The zero-order valence-corrected chi connectivity index (χ0v) is 4.33. The van der Waals surface area contributed by atoms with Crippen LogP contribution in [-0.2, 0) is 6.58 Å². The average Bonchev–Trinajstić information content (AvgIpc) is 1.88. The van der Waals surface area contributed by atoms with Crippen molar-refractivity contribution in [1.29, 1.82) is 0 Å². The number of benzene rings is 1. The molecule has 1 nitrogen and oxygen atoms in total. The van der Waals surface area contributed by atoms with Crippen LogP contribution < -0.4 is 0 Å². The molecule has 0 saturated carbocycles. The summed E-state index contributed by atoms with van der Waals surface area (Å²) in [7, 11) is 0. The van der Waals surface area contributed by atoms with Crippen LogP contribution >= 0.6 is 0 Å². The van der Waals surface area contributed by atoms with Gasteiger partial charge in [-0.05, 0) is 5.56 Å². The fourth-order valence-corrected chi connectivity index (χ4v) is 0.488. The highest BCUT2D eigenvalue weighted by Gasteiger charge is 1.81. The first kappa shape index (κ1) is 3.25. The molecular weight excluding hydrogens is 100 g/mol. The third-order valence-corrected chi connectivity index (χ3v) is 0.872. The fraction of sp³-hybridized carbons (Fsp3) is 0.143. The molecule has 0 fully saturated rings. The molecule has 0 bridgehead atoms. The Kier molecular flexibility index (Phi) is 1.01. The summed E-state index contributed by atoms with van der Waals surface area (Å²) in [5.41, 5.74) is 0.350. The van der Waals surface area contributed by atoms with Gasteiger partial charge in [-0.3, -0.25) is 0 Å². The van der Waals surface area contributed by atoms with Gasteiger partial charge in [-0.2, -0.15) is 0 Å². The molecule has 0 radical (unpaired) electrons. The van der Waals surface area contributed by atoms with Crippen LogP contribution in [0.3, 0.4) is 0 Å². The molecule has 1 aromatic rings. The summed E-state index contributed by atoms with van der Waals surface area (Å²) in [6.07, 6.45) is 0.